The summed E-state index contributed by atoms with van der Waals surface area (Å²) >= 11 is 0. The summed E-state index contributed by atoms with van der Waals surface area (Å²) in [6.45, 7) is 10.5. The Balaban J connectivity index is 2.63. The Kier molecular flexibility index (Phi) is 5.42. The van der Waals surface area contributed by atoms with Crippen molar-refractivity contribution in [3.8, 4) is 6.07 Å². The number of nitrogens with one attached hydrogen (secondary N) is 1. The SMILES string of the molecule is CCC1CCCCN1CC(C)(C#N)NC(C)C. The van der Waals surface area contributed by atoms with Gasteiger partial charge in [-0.15, -0.1) is 0 Å². The Bertz CT molecular complexity index is 269. The Morgan fingerprint density at radius 2 is 2.18 bits per heavy atom. The Morgan fingerprint density at radius 1 is 1.47 bits per heavy atom. The third-order valence-electron chi connectivity index (χ3n) is 3.59. The van der Waals surface area contributed by atoms with Gasteiger partial charge in [-0.2, -0.15) is 5.26 Å². The summed E-state index contributed by atoms with van der Waals surface area (Å²) in [4.78, 5) is 2.50. The van der Waals surface area contributed by atoms with E-state index < -0.39 is 5.54 Å². The minimum atomic E-state index is -0.418. The van der Waals surface area contributed by atoms with Crippen molar-refractivity contribution in [2.24, 2.45) is 0 Å². The molecule has 1 saturated heterocycles. The molecule has 0 aromatic carbocycles. The molecule has 1 fully saturated rings. The van der Waals surface area contributed by atoms with Gasteiger partial charge in [0, 0.05) is 18.6 Å². The lowest BCUT2D eigenvalue weighted by molar-refractivity contribution is 0.115. The molecule has 0 amide bonds. The fourth-order valence-corrected chi connectivity index (χ4v) is 2.89. The van der Waals surface area contributed by atoms with Crippen LogP contribution in [0, 0.1) is 11.3 Å². The van der Waals surface area contributed by atoms with Gasteiger partial charge in [0.2, 0.25) is 0 Å². The second-order valence-corrected chi connectivity index (χ2v) is 5.77. The zero-order valence-corrected chi connectivity index (χ0v) is 11.8. The molecule has 1 aliphatic rings. The molecule has 3 nitrogen and oxygen atoms in total. The molecule has 1 rings (SSSR count). The van der Waals surface area contributed by atoms with Crippen LogP contribution < -0.4 is 5.32 Å². The number of hydrogen-bond donors (Lipinski definition) is 1. The average molecular weight is 237 g/mol. The molecule has 0 saturated carbocycles. The van der Waals surface area contributed by atoms with Gasteiger partial charge in [-0.1, -0.05) is 13.3 Å². The van der Waals surface area contributed by atoms with E-state index in [-0.39, 0.29) is 0 Å². The topological polar surface area (TPSA) is 39.1 Å². The third kappa shape index (κ3) is 4.29. The molecule has 1 heterocycles. The van der Waals surface area contributed by atoms with Crippen LogP contribution in [0.3, 0.4) is 0 Å². The molecule has 17 heavy (non-hydrogen) atoms. The second kappa shape index (κ2) is 6.37. The maximum Gasteiger partial charge on any atom is 0.116 e. The molecule has 0 bridgehead atoms. The molecular formula is C14H27N3. The van der Waals surface area contributed by atoms with Crippen LogP contribution in [0.4, 0.5) is 0 Å². The van der Waals surface area contributed by atoms with Crippen LogP contribution >= 0.6 is 0 Å². The highest BCUT2D eigenvalue weighted by Gasteiger charge is 2.31. The number of rotatable bonds is 5. The van der Waals surface area contributed by atoms with Gasteiger partial charge in [0.25, 0.3) is 0 Å². The van der Waals surface area contributed by atoms with Gasteiger partial charge in [-0.25, -0.2) is 0 Å². The molecule has 2 unspecified atom stereocenters. The van der Waals surface area contributed by atoms with E-state index in [0.717, 1.165) is 13.1 Å². The summed E-state index contributed by atoms with van der Waals surface area (Å²) in [6, 6.07) is 3.47. The summed E-state index contributed by atoms with van der Waals surface area (Å²) in [5.74, 6) is 0. The highest BCUT2D eigenvalue weighted by Crippen LogP contribution is 2.21. The van der Waals surface area contributed by atoms with Crippen molar-refractivity contribution in [1.29, 1.82) is 5.26 Å². The minimum absolute atomic E-state index is 0.351. The van der Waals surface area contributed by atoms with E-state index in [1.54, 1.807) is 0 Å². The van der Waals surface area contributed by atoms with Crippen molar-refractivity contribution in [3.05, 3.63) is 0 Å². The van der Waals surface area contributed by atoms with Crippen molar-refractivity contribution >= 4 is 0 Å². The average Bonchev–Trinajstić information content (AvgIpc) is 2.28. The van der Waals surface area contributed by atoms with Crippen LogP contribution in [0.5, 0.6) is 0 Å². The first kappa shape index (κ1) is 14.5. The number of likely N-dealkylation sites (tertiary alicyclic amines) is 1. The Labute approximate surface area is 106 Å². The summed E-state index contributed by atoms with van der Waals surface area (Å²) in [5, 5.41) is 12.8. The largest absolute Gasteiger partial charge is 0.298 e. The second-order valence-electron chi connectivity index (χ2n) is 5.77. The van der Waals surface area contributed by atoms with Gasteiger partial charge < -0.3 is 0 Å². The van der Waals surface area contributed by atoms with E-state index in [0.29, 0.717) is 12.1 Å². The van der Waals surface area contributed by atoms with Crippen LogP contribution in [-0.4, -0.2) is 35.6 Å². The molecule has 2 atom stereocenters. The van der Waals surface area contributed by atoms with Gasteiger partial charge >= 0.3 is 0 Å². The molecule has 0 aliphatic carbocycles. The van der Waals surface area contributed by atoms with E-state index in [2.05, 4.69) is 37.1 Å². The number of nitrogens with zero attached hydrogens (tertiary/aromatic N) is 2. The zero-order chi connectivity index (χ0) is 12.9. The monoisotopic (exact) mass is 237 g/mol. The molecule has 0 aromatic rings. The Hall–Kier alpha value is -0.590. The van der Waals surface area contributed by atoms with Gasteiger partial charge in [0.1, 0.15) is 5.54 Å². The maximum absolute atomic E-state index is 9.38. The maximum atomic E-state index is 9.38. The van der Waals surface area contributed by atoms with E-state index >= 15 is 0 Å². The van der Waals surface area contributed by atoms with Crippen LogP contribution in [0.15, 0.2) is 0 Å². The van der Waals surface area contributed by atoms with Gasteiger partial charge in [-0.05, 0) is 46.6 Å². The fourth-order valence-electron chi connectivity index (χ4n) is 2.89. The molecule has 98 valence electrons. The highest BCUT2D eigenvalue weighted by atomic mass is 15.2. The molecular weight excluding hydrogens is 210 g/mol. The summed E-state index contributed by atoms with van der Waals surface area (Å²) in [5.41, 5.74) is -0.418. The lowest BCUT2D eigenvalue weighted by Crippen LogP contribution is -2.55. The van der Waals surface area contributed by atoms with E-state index in [1.807, 2.05) is 6.92 Å². The van der Waals surface area contributed by atoms with Crippen molar-refractivity contribution in [1.82, 2.24) is 10.2 Å². The van der Waals surface area contributed by atoms with E-state index in [9.17, 15) is 5.26 Å². The first-order valence-electron chi connectivity index (χ1n) is 6.93. The summed E-state index contributed by atoms with van der Waals surface area (Å²) in [6.07, 6.45) is 5.11. The number of nitriles is 1. The predicted octanol–water partition coefficient (Wildman–Crippen LogP) is 2.53. The highest BCUT2D eigenvalue weighted by molar-refractivity contribution is 5.07. The molecule has 1 N–H and O–H groups in total. The van der Waals surface area contributed by atoms with Crippen molar-refractivity contribution in [2.75, 3.05) is 13.1 Å². The van der Waals surface area contributed by atoms with Gasteiger partial charge in [0.15, 0.2) is 0 Å². The smallest absolute Gasteiger partial charge is 0.116 e. The van der Waals surface area contributed by atoms with E-state index in [1.165, 1.54) is 25.7 Å². The number of piperidine rings is 1. The standard InChI is InChI=1S/C14H27N3/c1-5-13-8-6-7-9-17(13)11-14(4,10-15)16-12(2)3/h12-13,16H,5-9,11H2,1-4H3. The van der Waals surface area contributed by atoms with Crippen LogP contribution in [-0.2, 0) is 0 Å². The minimum Gasteiger partial charge on any atom is -0.298 e. The number of hydrogen-bond acceptors (Lipinski definition) is 3. The first-order chi connectivity index (χ1) is 8.00. The first-order valence-corrected chi connectivity index (χ1v) is 6.93. The summed E-state index contributed by atoms with van der Waals surface area (Å²) < 4.78 is 0. The molecule has 0 aromatic heterocycles. The van der Waals surface area contributed by atoms with Crippen molar-refractivity contribution < 1.29 is 0 Å². The zero-order valence-electron chi connectivity index (χ0n) is 11.8. The molecule has 1 aliphatic heterocycles. The van der Waals surface area contributed by atoms with Crippen LogP contribution in [0.1, 0.15) is 53.4 Å². The van der Waals surface area contributed by atoms with Crippen molar-refractivity contribution in [2.45, 2.75) is 71.0 Å². The quantitative estimate of drug-likeness (QED) is 0.798. The lowest BCUT2D eigenvalue weighted by atomic mass is 9.95. The lowest BCUT2D eigenvalue weighted by Gasteiger charge is -2.40. The van der Waals surface area contributed by atoms with Crippen LogP contribution in [0.25, 0.3) is 0 Å². The summed E-state index contributed by atoms with van der Waals surface area (Å²) in [7, 11) is 0. The fraction of sp³-hybridized carbons (Fsp3) is 0.929. The Morgan fingerprint density at radius 3 is 2.71 bits per heavy atom. The molecule has 0 spiro atoms. The normalized spacial score (nSPS) is 25.5. The molecule has 0 radical (unpaired) electrons. The van der Waals surface area contributed by atoms with E-state index in [4.69, 9.17) is 0 Å². The molecule has 3 heteroatoms. The van der Waals surface area contributed by atoms with Gasteiger partial charge in [0.05, 0.1) is 6.07 Å². The third-order valence-corrected chi connectivity index (χ3v) is 3.59. The van der Waals surface area contributed by atoms with Gasteiger partial charge in [-0.3, -0.25) is 10.2 Å². The van der Waals surface area contributed by atoms with Crippen molar-refractivity contribution in [3.63, 3.8) is 0 Å². The predicted molar refractivity (Wildman–Crippen MR) is 71.8 cm³/mol. The van der Waals surface area contributed by atoms with Crippen LogP contribution in [0.2, 0.25) is 0 Å².